The highest BCUT2D eigenvalue weighted by Gasteiger charge is 2.33. The molecule has 6 heteroatoms. The molecule has 1 amide bonds. The summed E-state index contributed by atoms with van der Waals surface area (Å²) in [7, 11) is 0. The van der Waals surface area contributed by atoms with E-state index in [-0.39, 0.29) is 25.0 Å². The summed E-state index contributed by atoms with van der Waals surface area (Å²) >= 11 is 1.68. The smallest absolute Gasteiger partial charge is 0.410 e. The van der Waals surface area contributed by atoms with Gasteiger partial charge in [-0.3, -0.25) is 4.79 Å². The highest BCUT2D eigenvalue weighted by atomic mass is 32.2. The lowest BCUT2D eigenvalue weighted by molar-refractivity contribution is -0.138. The molecule has 4 rings (SSSR count). The number of ether oxygens (including phenoxy) is 1. The summed E-state index contributed by atoms with van der Waals surface area (Å²) < 4.78 is 5.68. The van der Waals surface area contributed by atoms with E-state index in [1.807, 2.05) is 24.3 Å². The zero-order valence-electron chi connectivity index (χ0n) is 14.8. The van der Waals surface area contributed by atoms with Crippen LogP contribution in [0.5, 0.6) is 0 Å². The molecule has 1 fully saturated rings. The predicted molar refractivity (Wildman–Crippen MR) is 105 cm³/mol. The second-order valence-corrected chi connectivity index (χ2v) is 7.97. The van der Waals surface area contributed by atoms with Crippen molar-refractivity contribution < 1.29 is 19.4 Å². The molecule has 27 heavy (non-hydrogen) atoms. The third kappa shape index (κ3) is 3.54. The summed E-state index contributed by atoms with van der Waals surface area (Å²) in [5.74, 6) is 0.564. The molecule has 0 saturated carbocycles. The molecule has 1 saturated heterocycles. The lowest BCUT2D eigenvalue weighted by Gasteiger charge is -2.34. The third-order valence-corrected chi connectivity index (χ3v) is 6.30. The van der Waals surface area contributed by atoms with Crippen molar-refractivity contribution in [2.45, 2.75) is 18.4 Å². The minimum absolute atomic E-state index is 0.0124. The van der Waals surface area contributed by atoms with Crippen LogP contribution >= 0.6 is 11.8 Å². The molecule has 1 aliphatic carbocycles. The zero-order valence-corrected chi connectivity index (χ0v) is 15.7. The van der Waals surface area contributed by atoms with Gasteiger partial charge >= 0.3 is 12.1 Å². The fourth-order valence-corrected chi connectivity index (χ4v) is 5.01. The van der Waals surface area contributed by atoms with Crippen molar-refractivity contribution in [3.63, 3.8) is 0 Å². The van der Waals surface area contributed by atoms with Crippen molar-refractivity contribution in [3.8, 4) is 11.1 Å². The van der Waals surface area contributed by atoms with Gasteiger partial charge in [-0.05, 0) is 22.3 Å². The van der Waals surface area contributed by atoms with Crippen molar-refractivity contribution in [3.05, 3.63) is 59.7 Å². The SMILES string of the molecule is O=C(O)CC1CSCCN1C(=O)OCC1c2ccccc2-c2ccccc21. The number of nitrogens with zero attached hydrogens (tertiary/aromatic N) is 1. The van der Waals surface area contributed by atoms with Crippen LogP contribution in [0.3, 0.4) is 0 Å². The summed E-state index contributed by atoms with van der Waals surface area (Å²) in [5, 5.41) is 9.10. The van der Waals surface area contributed by atoms with Gasteiger partial charge in [0.15, 0.2) is 0 Å². The average molecular weight is 383 g/mol. The summed E-state index contributed by atoms with van der Waals surface area (Å²) in [5.41, 5.74) is 4.71. The van der Waals surface area contributed by atoms with E-state index in [0.29, 0.717) is 12.3 Å². The first-order chi connectivity index (χ1) is 13.1. The summed E-state index contributed by atoms with van der Waals surface area (Å²) in [6.45, 7) is 0.787. The number of benzene rings is 2. The van der Waals surface area contributed by atoms with Gasteiger partial charge in [0, 0.05) is 24.0 Å². The predicted octanol–water partition coefficient (Wildman–Crippen LogP) is 3.83. The van der Waals surface area contributed by atoms with E-state index < -0.39 is 12.1 Å². The maximum Gasteiger partial charge on any atom is 0.410 e. The van der Waals surface area contributed by atoms with Crippen LogP contribution in [0, 0.1) is 0 Å². The number of aliphatic carboxylic acids is 1. The molecule has 1 heterocycles. The molecule has 1 atom stereocenters. The van der Waals surface area contributed by atoms with E-state index in [0.717, 1.165) is 5.75 Å². The topological polar surface area (TPSA) is 66.8 Å². The average Bonchev–Trinajstić information content (AvgIpc) is 3.00. The second kappa shape index (κ2) is 7.64. The number of thioether (sulfide) groups is 1. The molecule has 2 aromatic carbocycles. The first kappa shape index (κ1) is 17.9. The molecule has 2 aromatic rings. The number of carboxylic acids is 1. The Bertz CT molecular complexity index is 823. The number of amides is 1. The Morgan fingerprint density at radius 1 is 1.07 bits per heavy atom. The van der Waals surface area contributed by atoms with Gasteiger partial charge in [-0.2, -0.15) is 11.8 Å². The Morgan fingerprint density at radius 2 is 1.70 bits per heavy atom. The Kier molecular flexibility index (Phi) is 5.07. The zero-order chi connectivity index (χ0) is 18.8. The lowest BCUT2D eigenvalue weighted by Crippen LogP contribution is -2.47. The normalized spacial score (nSPS) is 18.7. The van der Waals surface area contributed by atoms with E-state index in [4.69, 9.17) is 9.84 Å². The minimum Gasteiger partial charge on any atom is -0.481 e. The van der Waals surface area contributed by atoms with Crippen molar-refractivity contribution in [1.82, 2.24) is 4.90 Å². The van der Waals surface area contributed by atoms with Crippen LogP contribution in [0.25, 0.3) is 11.1 Å². The molecule has 140 valence electrons. The summed E-state index contributed by atoms with van der Waals surface area (Å²) in [6, 6.07) is 16.1. The standard InChI is InChI=1S/C21H21NO4S/c23-20(24)11-14-13-27-10-9-22(14)21(25)26-12-19-17-7-3-1-5-15(17)16-6-2-4-8-18(16)19/h1-8,14,19H,9-13H2,(H,23,24). The van der Waals surface area contributed by atoms with Gasteiger partial charge in [0.05, 0.1) is 12.5 Å². The number of rotatable bonds is 4. The highest BCUT2D eigenvalue weighted by Crippen LogP contribution is 2.44. The van der Waals surface area contributed by atoms with Gasteiger partial charge < -0.3 is 14.7 Å². The van der Waals surface area contributed by atoms with E-state index in [2.05, 4.69) is 24.3 Å². The summed E-state index contributed by atoms with van der Waals surface area (Å²) in [6.07, 6.45) is -0.458. The fraction of sp³-hybridized carbons (Fsp3) is 0.333. The van der Waals surface area contributed by atoms with Crippen molar-refractivity contribution >= 4 is 23.8 Å². The van der Waals surface area contributed by atoms with E-state index in [9.17, 15) is 9.59 Å². The van der Waals surface area contributed by atoms with Crippen LogP contribution < -0.4 is 0 Å². The Balaban J connectivity index is 1.50. The molecule has 1 unspecified atom stereocenters. The summed E-state index contributed by atoms with van der Waals surface area (Å²) in [4.78, 5) is 25.3. The Hall–Kier alpha value is -2.47. The van der Waals surface area contributed by atoms with Crippen molar-refractivity contribution in [2.75, 3.05) is 24.7 Å². The van der Waals surface area contributed by atoms with Crippen LogP contribution in [0.4, 0.5) is 4.79 Å². The van der Waals surface area contributed by atoms with E-state index in [1.54, 1.807) is 16.7 Å². The molecule has 0 radical (unpaired) electrons. The van der Waals surface area contributed by atoms with Crippen LogP contribution in [0.2, 0.25) is 0 Å². The van der Waals surface area contributed by atoms with Crippen molar-refractivity contribution in [2.24, 2.45) is 0 Å². The molecule has 0 aromatic heterocycles. The monoisotopic (exact) mass is 383 g/mol. The largest absolute Gasteiger partial charge is 0.481 e. The van der Waals surface area contributed by atoms with Gasteiger partial charge in [-0.1, -0.05) is 48.5 Å². The molecule has 5 nitrogen and oxygen atoms in total. The molecule has 1 N–H and O–H groups in total. The highest BCUT2D eigenvalue weighted by molar-refractivity contribution is 7.99. The van der Waals surface area contributed by atoms with E-state index in [1.165, 1.54) is 22.3 Å². The van der Waals surface area contributed by atoms with Gasteiger partial charge in [0.2, 0.25) is 0 Å². The molecule has 0 spiro atoms. The van der Waals surface area contributed by atoms with E-state index >= 15 is 0 Å². The number of carbonyl (C=O) groups is 2. The maximum absolute atomic E-state index is 12.7. The van der Waals surface area contributed by atoms with Crippen LogP contribution in [-0.2, 0) is 9.53 Å². The van der Waals surface area contributed by atoms with Crippen LogP contribution in [-0.4, -0.2) is 52.8 Å². The van der Waals surface area contributed by atoms with Crippen LogP contribution in [0.1, 0.15) is 23.5 Å². The minimum atomic E-state index is -0.890. The number of fused-ring (bicyclic) bond motifs is 3. The van der Waals surface area contributed by atoms with Gasteiger partial charge in [-0.15, -0.1) is 0 Å². The molecule has 2 aliphatic rings. The first-order valence-electron chi connectivity index (χ1n) is 9.06. The maximum atomic E-state index is 12.7. The van der Waals surface area contributed by atoms with Crippen molar-refractivity contribution in [1.29, 1.82) is 0 Å². The molecule has 1 aliphatic heterocycles. The Morgan fingerprint density at radius 3 is 2.33 bits per heavy atom. The third-order valence-electron chi connectivity index (χ3n) is 5.21. The van der Waals surface area contributed by atoms with Gasteiger partial charge in [0.1, 0.15) is 6.61 Å². The fourth-order valence-electron chi connectivity index (χ4n) is 3.94. The number of hydrogen-bond acceptors (Lipinski definition) is 4. The molecular weight excluding hydrogens is 362 g/mol. The number of hydrogen-bond donors (Lipinski definition) is 1. The van der Waals surface area contributed by atoms with Gasteiger partial charge in [0.25, 0.3) is 0 Å². The van der Waals surface area contributed by atoms with Gasteiger partial charge in [-0.25, -0.2) is 4.79 Å². The molecule has 0 bridgehead atoms. The number of carbonyl (C=O) groups excluding carboxylic acids is 1. The Labute approximate surface area is 162 Å². The molecular formula is C21H21NO4S. The second-order valence-electron chi connectivity index (χ2n) is 6.82. The first-order valence-corrected chi connectivity index (χ1v) is 10.2. The quantitative estimate of drug-likeness (QED) is 0.869. The number of carboxylic acid groups (broad SMARTS) is 1. The lowest BCUT2D eigenvalue weighted by atomic mass is 9.98. The van der Waals surface area contributed by atoms with Crippen LogP contribution in [0.15, 0.2) is 48.5 Å².